The molecule has 3 rings (SSSR count). The molecule has 0 aliphatic carbocycles. The Kier molecular flexibility index (Phi) is 7.15. The predicted octanol–water partition coefficient (Wildman–Crippen LogP) is 4.82. The number of H-pyrrole nitrogens is 1. The van der Waals surface area contributed by atoms with Gasteiger partial charge in [-0.15, -0.1) is 0 Å². The molecule has 2 amide bonds. The van der Waals surface area contributed by atoms with Crippen molar-refractivity contribution < 1.29 is 23.5 Å². The summed E-state index contributed by atoms with van der Waals surface area (Å²) in [5.41, 5.74) is -0.678. The number of piperidine rings is 1. The number of carbonyl (C=O) groups excluding carboxylic acids is 3. The van der Waals surface area contributed by atoms with Crippen molar-refractivity contribution in [2.45, 2.75) is 45.3 Å². The van der Waals surface area contributed by atoms with Gasteiger partial charge in [0.1, 0.15) is 11.3 Å². The van der Waals surface area contributed by atoms with Crippen LogP contribution in [0.25, 0.3) is 0 Å². The number of aromatic nitrogens is 1. The summed E-state index contributed by atoms with van der Waals surface area (Å²) in [6.07, 6.45) is 2.09. The fraction of sp³-hybridized carbons (Fsp3) is 0.409. The van der Waals surface area contributed by atoms with E-state index in [1.807, 2.05) is 20.8 Å². The molecule has 172 valence electrons. The molecule has 7 nitrogen and oxygen atoms in total. The van der Waals surface area contributed by atoms with Gasteiger partial charge in [0.25, 0.3) is 5.91 Å². The first-order valence-corrected chi connectivity index (χ1v) is 10.9. The minimum atomic E-state index is -0.909. The quantitative estimate of drug-likeness (QED) is 0.481. The van der Waals surface area contributed by atoms with Crippen molar-refractivity contribution in [1.82, 2.24) is 15.2 Å². The number of rotatable bonds is 4. The summed E-state index contributed by atoms with van der Waals surface area (Å²) in [6, 6.07) is 3.80. The molecule has 0 atom stereocenters. The number of ketones is 1. The van der Waals surface area contributed by atoms with E-state index in [9.17, 15) is 18.8 Å². The largest absolute Gasteiger partial charge is 0.444 e. The van der Waals surface area contributed by atoms with Gasteiger partial charge < -0.3 is 19.9 Å². The molecular formula is C22H24Cl2FN3O4. The van der Waals surface area contributed by atoms with Crippen LogP contribution in [0.3, 0.4) is 0 Å². The van der Waals surface area contributed by atoms with E-state index < -0.39 is 23.1 Å². The van der Waals surface area contributed by atoms with Gasteiger partial charge in [-0.05, 0) is 51.8 Å². The van der Waals surface area contributed by atoms with Crippen molar-refractivity contribution in [3.63, 3.8) is 0 Å². The maximum atomic E-state index is 14.3. The van der Waals surface area contributed by atoms with E-state index in [0.717, 1.165) is 0 Å². The topological polar surface area (TPSA) is 91.5 Å². The molecule has 2 heterocycles. The molecule has 0 bridgehead atoms. The third kappa shape index (κ3) is 5.61. The Bertz CT molecular complexity index is 1040. The summed E-state index contributed by atoms with van der Waals surface area (Å²) in [5.74, 6) is -2.00. The number of benzene rings is 1. The number of aromatic amines is 1. The van der Waals surface area contributed by atoms with Crippen LogP contribution in [0.1, 0.15) is 60.0 Å². The zero-order valence-electron chi connectivity index (χ0n) is 17.9. The van der Waals surface area contributed by atoms with Crippen molar-refractivity contribution in [3.05, 3.63) is 57.1 Å². The maximum Gasteiger partial charge on any atom is 0.410 e. The summed E-state index contributed by atoms with van der Waals surface area (Å²) in [7, 11) is 0. The van der Waals surface area contributed by atoms with Gasteiger partial charge >= 0.3 is 6.09 Å². The van der Waals surface area contributed by atoms with E-state index in [-0.39, 0.29) is 39.0 Å². The summed E-state index contributed by atoms with van der Waals surface area (Å²) >= 11 is 11.7. The third-order valence-corrected chi connectivity index (χ3v) is 5.55. The summed E-state index contributed by atoms with van der Waals surface area (Å²) in [4.78, 5) is 41.8. The first kappa shape index (κ1) is 24.1. The average Bonchev–Trinajstić information content (AvgIpc) is 3.21. The highest BCUT2D eigenvalue weighted by Crippen LogP contribution is 2.28. The SMILES string of the molecule is CC(C)(C)OC(=O)N1CCC(NC(=O)c2cc(C(=O)c3c(Cl)ccc(Cl)c3F)c[nH]2)CC1. The number of ether oxygens (including phenoxy) is 1. The van der Waals surface area contributed by atoms with Crippen molar-refractivity contribution in [2.24, 2.45) is 0 Å². The highest BCUT2D eigenvalue weighted by atomic mass is 35.5. The molecule has 1 aliphatic rings. The van der Waals surface area contributed by atoms with Gasteiger partial charge in [-0.2, -0.15) is 0 Å². The number of carbonyl (C=O) groups is 3. The molecule has 10 heteroatoms. The Labute approximate surface area is 195 Å². The zero-order chi connectivity index (χ0) is 23.6. The number of hydrogen-bond donors (Lipinski definition) is 2. The molecule has 1 aromatic heterocycles. The lowest BCUT2D eigenvalue weighted by molar-refractivity contribution is 0.0199. The Morgan fingerprint density at radius 1 is 1.16 bits per heavy atom. The molecule has 1 saturated heterocycles. The number of likely N-dealkylation sites (tertiary alicyclic amines) is 1. The smallest absolute Gasteiger partial charge is 0.410 e. The molecule has 1 aliphatic heterocycles. The molecule has 0 radical (unpaired) electrons. The number of halogens is 3. The standard InChI is InChI=1S/C22H24Cl2FN3O4/c1-22(2,3)32-21(31)28-8-6-13(7-9-28)27-20(30)16-10-12(11-26-16)19(29)17-14(23)4-5-15(24)18(17)25/h4-5,10-11,13,26H,6-9H2,1-3H3,(H,27,30). The van der Waals surface area contributed by atoms with Crippen molar-refractivity contribution in [1.29, 1.82) is 0 Å². The van der Waals surface area contributed by atoms with Gasteiger partial charge in [0, 0.05) is 30.9 Å². The van der Waals surface area contributed by atoms with Crippen LogP contribution in [0, 0.1) is 5.82 Å². The summed E-state index contributed by atoms with van der Waals surface area (Å²) in [5, 5.41) is 2.60. The second kappa shape index (κ2) is 9.50. The first-order chi connectivity index (χ1) is 15.0. The van der Waals surface area contributed by atoms with Crippen LogP contribution in [-0.4, -0.2) is 52.4 Å². The molecule has 1 aromatic carbocycles. The monoisotopic (exact) mass is 483 g/mol. The third-order valence-electron chi connectivity index (χ3n) is 4.94. The predicted molar refractivity (Wildman–Crippen MR) is 119 cm³/mol. The molecule has 0 unspecified atom stereocenters. The number of nitrogens with one attached hydrogen (secondary N) is 2. The lowest BCUT2D eigenvalue weighted by Crippen LogP contribution is -2.47. The fourth-order valence-electron chi connectivity index (χ4n) is 3.33. The molecule has 2 N–H and O–H groups in total. The maximum absolute atomic E-state index is 14.3. The van der Waals surface area contributed by atoms with E-state index in [1.165, 1.54) is 24.4 Å². The number of amides is 2. The van der Waals surface area contributed by atoms with Crippen LogP contribution in [-0.2, 0) is 4.74 Å². The molecule has 0 spiro atoms. The highest BCUT2D eigenvalue weighted by Gasteiger charge is 2.28. The molecule has 0 saturated carbocycles. The zero-order valence-corrected chi connectivity index (χ0v) is 19.4. The Morgan fingerprint density at radius 2 is 1.78 bits per heavy atom. The summed E-state index contributed by atoms with van der Waals surface area (Å²) < 4.78 is 19.7. The van der Waals surface area contributed by atoms with Gasteiger partial charge in [-0.3, -0.25) is 9.59 Å². The van der Waals surface area contributed by atoms with E-state index >= 15 is 0 Å². The van der Waals surface area contributed by atoms with Crippen LogP contribution in [0.4, 0.5) is 9.18 Å². The first-order valence-electron chi connectivity index (χ1n) is 10.1. The minimum Gasteiger partial charge on any atom is -0.444 e. The number of hydrogen-bond acceptors (Lipinski definition) is 4. The van der Waals surface area contributed by atoms with Crippen LogP contribution in [0.2, 0.25) is 10.0 Å². The van der Waals surface area contributed by atoms with Crippen LogP contribution < -0.4 is 5.32 Å². The van der Waals surface area contributed by atoms with E-state index in [0.29, 0.717) is 25.9 Å². The number of nitrogens with zero attached hydrogens (tertiary/aromatic N) is 1. The van der Waals surface area contributed by atoms with Gasteiger partial charge in [0.15, 0.2) is 11.6 Å². The fourth-order valence-corrected chi connectivity index (χ4v) is 3.72. The Balaban J connectivity index is 1.60. The van der Waals surface area contributed by atoms with Crippen molar-refractivity contribution in [2.75, 3.05) is 13.1 Å². The van der Waals surface area contributed by atoms with Crippen LogP contribution in [0.15, 0.2) is 24.4 Å². The van der Waals surface area contributed by atoms with Gasteiger partial charge in [-0.1, -0.05) is 23.2 Å². The highest BCUT2D eigenvalue weighted by molar-refractivity contribution is 6.37. The molecule has 1 fully saturated rings. The van der Waals surface area contributed by atoms with Gasteiger partial charge in [0.05, 0.1) is 15.6 Å². The van der Waals surface area contributed by atoms with E-state index in [4.69, 9.17) is 27.9 Å². The van der Waals surface area contributed by atoms with Crippen molar-refractivity contribution >= 4 is 41.0 Å². The van der Waals surface area contributed by atoms with E-state index in [2.05, 4.69) is 10.3 Å². The minimum absolute atomic E-state index is 0.0687. The normalized spacial score (nSPS) is 14.9. The van der Waals surface area contributed by atoms with Crippen LogP contribution in [0.5, 0.6) is 0 Å². The molecule has 32 heavy (non-hydrogen) atoms. The van der Waals surface area contributed by atoms with Crippen molar-refractivity contribution in [3.8, 4) is 0 Å². The lowest BCUT2D eigenvalue weighted by atomic mass is 10.0. The van der Waals surface area contributed by atoms with Crippen LogP contribution >= 0.6 is 23.2 Å². The van der Waals surface area contributed by atoms with Gasteiger partial charge in [0.2, 0.25) is 0 Å². The molecular weight excluding hydrogens is 460 g/mol. The Morgan fingerprint density at radius 3 is 2.41 bits per heavy atom. The second-order valence-electron chi connectivity index (χ2n) is 8.56. The lowest BCUT2D eigenvalue weighted by Gasteiger charge is -2.33. The average molecular weight is 484 g/mol. The second-order valence-corrected chi connectivity index (χ2v) is 9.38. The Hall–Kier alpha value is -2.58. The van der Waals surface area contributed by atoms with Gasteiger partial charge in [-0.25, -0.2) is 9.18 Å². The summed E-state index contributed by atoms with van der Waals surface area (Å²) in [6.45, 7) is 6.34. The molecule has 2 aromatic rings. The van der Waals surface area contributed by atoms with E-state index in [1.54, 1.807) is 4.90 Å².